The molecule has 0 atom stereocenters. The van der Waals surface area contributed by atoms with Gasteiger partial charge in [0.1, 0.15) is 0 Å². The number of carbonyl (C=O) groups excluding carboxylic acids is 1. The van der Waals surface area contributed by atoms with Gasteiger partial charge in [-0.05, 0) is 73.3 Å². The van der Waals surface area contributed by atoms with Gasteiger partial charge in [-0.2, -0.15) is 11.3 Å². The van der Waals surface area contributed by atoms with Crippen LogP contribution in [-0.2, 0) is 11.3 Å². The molecule has 0 bridgehead atoms. The molecule has 0 radical (unpaired) electrons. The zero-order valence-corrected chi connectivity index (χ0v) is 19.2. The van der Waals surface area contributed by atoms with Gasteiger partial charge in [0.05, 0.1) is 22.5 Å². The second-order valence-corrected chi connectivity index (χ2v) is 9.25. The van der Waals surface area contributed by atoms with Crippen molar-refractivity contribution in [1.29, 1.82) is 0 Å². The number of carbonyl (C=O) groups is 2. The lowest BCUT2D eigenvalue weighted by atomic mass is 9.99. The Labute approximate surface area is 196 Å². The van der Waals surface area contributed by atoms with Gasteiger partial charge in [0.15, 0.2) is 0 Å². The summed E-state index contributed by atoms with van der Waals surface area (Å²) in [6, 6.07) is 15.1. The number of fused-ring (bicyclic) bond motifs is 1. The summed E-state index contributed by atoms with van der Waals surface area (Å²) in [6.45, 7) is 3.26. The molecule has 0 aliphatic carbocycles. The monoisotopic (exact) mass is 459 g/mol. The number of carboxylic acid groups (broad SMARTS) is 1. The van der Waals surface area contributed by atoms with Crippen LogP contribution in [0.2, 0.25) is 0 Å². The fourth-order valence-electron chi connectivity index (χ4n) is 4.52. The van der Waals surface area contributed by atoms with Gasteiger partial charge < -0.3 is 15.3 Å². The topological polar surface area (TPSA) is 72.9 Å². The van der Waals surface area contributed by atoms with Crippen LogP contribution in [0.15, 0.2) is 59.3 Å². The van der Waals surface area contributed by atoms with E-state index in [1.807, 2.05) is 29.0 Å². The number of nitrogens with one attached hydrogen (secondary N) is 1. The molecule has 1 fully saturated rings. The fraction of sp³-hybridized carbons (Fsp3) is 0.231. The van der Waals surface area contributed by atoms with E-state index in [0.717, 1.165) is 30.9 Å². The summed E-state index contributed by atoms with van der Waals surface area (Å²) < 4.78 is 0. The molecule has 2 aliphatic rings. The standard InChI is InChI=1S/C26H25N3O3S/c1-28-22-9-6-18(26(31)32)14-21(22)23(25(28)30)24(19-10-13-33-16-19)27-20-7-4-17(5-8-20)15-29-11-2-3-12-29/h4-10,13-14,16,27H,2-3,11-12,15H2,1H3,(H,31,32). The second kappa shape index (κ2) is 8.84. The number of hydrogen-bond donors (Lipinski definition) is 2. The van der Waals surface area contributed by atoms with E-state index in [1.54, 1.807) is 35.4 Å². The van der Waals surface area contributed by atoms with E-state index in [0.29, 0.717) is 22.5 Å². The molecule has 2 N–H and O–H groups in total. The van der Waals surface area contributed by atoms with Crippen LogP contribution in [0.4, 0.5) is 11.4 Å². The van der Waals surface area contributed by atoms with Crippen LogP contribution in [0, 0.1) is 0 Å². The molecule has 2 aromatic carbocycles. The maximum Gasteiger partial charge on any atom is 0.335 e. The third-order valence-corrected chi connectivity index (χ3v) is 6.96. The van der Waals surface area contributed by atoms with Crippen LogP contribution in [0.5, 0.6) is 0 Å². The van der Waals surface area contributed by atoms with Crippen molar-refractivity contribution in [3.63, 3.8) is 0 Å². The number of rotatable bonds is 6. The zero-order valence-electron chi connectivity index (χ0n) is 18.4. The first-order valence-electron chi connectivity index (χ1n) is 11.0. The van der Waals surface area contributed by atoms with Gasteiger partial charge in [0.25, 0.3) is 5.91 Å². The molecule has 1 aromatic heterocycles. The van der Waals surface area contributed by atoms with E-state index in [9.17, 15) is 14.7 Å². The third-order valence-electron chi connectivity index (χ3n) is 6.28. The van der Waals surface area contributed by atoms with Crippen molar-refractivity contribution in [2.24, 2.45) is 0 Å². The maximum atomic E-state index is 13.3. The number of aromatic carboxylic acids is 1. The second-order valence-electron chi connectivity index (χ2n) is 8.47. The largest absolute Gasteiger partial charge is 0.478 e. The normalized spacial score (nSPS) is 17.4. The van der Waals surface area contributed by atoms with E-state index in [2.05, 4.69) is 22.3 Å². The summed E-state index contributed by atoms with van der Waals surface area (Å²) in [5.74, 6) is -1.18. The smallest absolute Gasteiger partial charge is 0.335 e. The molecular formula is C26H25N3O3S. The average molecular weight is 460 g/mol. The van der Waals surface area contributed by atoms with Crippen LogP contribution >= 0.6 is 11.3 Å². The molecule has 7 heteroatoms. The predicted molar refractivity (Wildman–Crippen MR) is 133 cm³/mol. The Kier molecular flexibility index (Phi) is 5.74. The van der Waals surface area contributed by atoms with Gasteiger partial charge in [0.2, 0.25) is 0 Å². The number of likely N-dealkylation sites (tertiary alicyclic amines) is 1. The molecule has 3 aromatic rings. The highest BCUT2D eigenvalue weighted by atomic mass is 32.1. The maximum absolute atomic E-state index is 13.3. The van der Waals surface area contributed by atoms with Crippen molar-refractivity contribution >= 4 is 45.9 Å². The average Bonchev–Trinajstić information content (AvgIpc) is 3.57. The number of carboxylic acids is 1. The summed E-state index contributed by atoms with van der Waals surface area (Å²) in [5, 5.41) is 16.9. The Morgan fingerprint density at radius 1 is 1.06 bits per heavy atom. The minimum atomic E-state index is -1.02. The van der Waals surface area contributed by atoms with Crippen molar-refractivity contribution in [2.45, 2.75) is 19.4 Å². The fourth-order valence-corrected chi connectivity index (χ4v) is 5.16. The number of hydrogen-bond acceptors (Lipinski definition) is 5. The summed E-state index contributed by atoms with van der Waals surface area (Å²) in [4.78, 5) is 28.9. The molecule has 6 nitrogen and oxygen atoms in total. The molecule has 33 heavy (non-hydrogen) atoms. The summed E-state index contributed by atoms with van der Waals surface area (Å²) in [7, 11) is 1.72. The summed E-state index contributed by atoms with van der Waals surface area (Å²) in [5.41, 5.74) is 5.69. The first kappa shape index (κ1) is 21.4. The SMILES string of the molecule is CN1C(=O)C(=C(Nc2ccc(CN3CCCC3)cc2)c2ccsc2)c2cc(C(=O)O)ccc21. The first-order valence-corrected chi connectivity index (χ1v) is 12.0. The van der Waals surface area contributed by atoms with Crippen LogP contribution in [0.25, 0.3) is 11.3 Å². The molecule has 0 spiro atoms. The molecule has 2 aliphatic heterocycles. The van der Waals surface area contributed by atoms with Crippen molar-refractivity contribution < 1.29 is 14.7 Å². The number of thiophene rings is 1. The Balaban J connectivity index is 1.53. The third kappa shape index (κ3) is 4.17. The van der Waals surface area contributed by atoms with E-state index in [4.69, 9.17) is 0 Å². The number of anilines is 2. The minimum absolute atomic E-state index is 0.158. The van der Waals surface area contributed by atoms with Crippen LogP contribution < -0.4 is 10.2 Å². The predicted octanol–water partition coefficient (Wildman–Crippen LogP) is 5.00. The Hall–Kier alpha value is -3.42. The van der Waals surface area contributed by atoms with Crippen molar-refractivity contribution in [3.05, 3.63) is 81.5 Å². The lowest BCUT2D eigenvalue weighted by Gasteiger charge is -2.16. The number of amides is 1. The molecule has 3 heterocycles. The van der Waals surface area contributed by atoms with Crippen molar-refractivity contribution in [1.82, 2.24) is 4.90 Å². The lowest BCUT2D eigenvalue weighted by molar-refractivity contribution is -0.112. The zero-order chi connectivity index (χ0) is 22.9. The van der Waals surface area contributed by atoms with Gasteiger partial charge in [-0.1, -0.05) is 12.1 Å². The van der Waals surface area contributed by atoms with Crippen LogP contribution in [-0.4, -0.2) is 42.0 Å². The number of likely N-dealkylation sites (N-methyl/N-ethyl adjacent to an activating group) is 1. The van der Waals surface area contributed by atoms with Crippen LogP contribution in [0.1, 0.15) is 39.9 Å². The van der Waals surface area contributed by atoms with Gasteiger partial charge in [-0.3, -0.25) is 9.69 Å². The van der Waals surface area contributed by atoms with Gasteiger partial charge in [0, 0.05) is 35.8 Å². The molecule has 0 saturated carbocycles. The molecular weight excluding hydrogens is 434 g/mol. The quantitative estimate of drug-likeness (QED) is 0.508. The molecule has 1 saturated heterocycles. The Bertz CT molecular complexity index is 1230. The highest BCUT2D eigenvalue weighted by Gasteiger charge is 2.34. The molecule has 5 rings (SSSR count). The summed E-state index contributed by atoms with van der Waals surface area (Å²) >= 11 is 1.55. The van der Waals surface area contributed by atoms with Gasteiger partial charge in [-0.15, -0.1) is 0 Å². The highest BCUT2D eigenvalue weighted by Crippen LogP contribution is 2.41. The lowest BCUT2D eigenvalue weighted by Crippen LogP contribution is -2.21. The molecule has 1 amide bonds. The Morgan fingerprint density at radius 2 is 1.82 bits per heavy atom. The van der Waals surface area contributed by atoms with Gasteiger partial charge in [-0.25, -0.2) is 4.79 Å². The number of nitrogens with zero attached hydrogens (tertiary/aromatic N) is 2. The molecule has 0 unspecified atom stereocenters. The highest BCUT2D eigenvalue weighted by molar-refractivity contribution is 7.08. The van der Waals surface area contributed by atoms with Crippen molar-refractivity contribution in [3.8, 4) is 0 Å². The van der Waals surface area contributed by atoms with E-state index in [-0.39, 0.29) is 11.5 Å². The summed E-state index contributed by atoms with van der Waals surface area (Å²) in [6.07, 6.45) is 2.54. The number of benzene rings is 2. The van der Waals surface area contributed by atoms with Gasteiger partial charge >= 0.3 is 5.97 Å². The van der Waals surface area contributed by atoms with E-state index in [1.165, 1.54) is 24.5 Å². The van der Waals surface area contributed by atoms with Crippen molar-refractivity contribution in [2.75, 3.05) is 30.4 Å². The van der Waals surface area contributed by atoms with E-state index >= 15 is 0 Å². The Morgan fingerprint density at radius 3 is 2.48 bits per heavy atom. The van der Waals surface area contributed by atoms with E-state index < -0.39 is 5.97 Å². The minimum Gasteiger partial charge on any atom is -0.478 e. The first-order chi connectivity index (χ1) is 16.0. The van der Waals surface area contributed by atoms with Crippen LogP contribution in [0.3, 0.4) is 0 Å². The molecule has 168 valence electrons.